The largest absolute Gasteiger partial charge is 0.380 e. The van der Waals surface area contributed by atoms with Crippen molar-refractivity contribution in [3.8, 4) is 0 Å². The zero-order chi connectivity index (χ0) is 13.0. The molecule has 0 saturated carbocycles. The molecular formula is C11H12BrF2NO2. The minimum Gasteiger partial charge on any atom is -0.380 e. The first-order valence-electron chi connectivity index (χ1n) is 4.91. The maximum atomic E-state index is 13.4. The number of amides is 1. The minimum absolute atomic E-state index is 0.185. The number of carbonyl (C=O) groups is 1. The Hall–Kier alpha value is -1.01. The normalized spacial score (nSPS) is 12.3. The predicted molar refractivity (Wildman–Crippen MR) is 62.9 cm³/mol. The first-order valence-corrected chi connectivity index (χ1v) is 5.70. The molecule has 0 aliphatic carbocycles. The SMILES string of the molecule is COC(C)CNC(=O)c1c(F)cc(Br)cc1F. The molecule has 1 amide bonds. The van der Waals surface area contributed by atoms with Crippen LogP contribution in [-0.4, -0.2) is 25.7 Å². The number of benzene rings is 1. The van der Waals surface area contributed by atoms with Crippen molar-refractivity contribution in [1.82, 2.24) is 5.32 Å². The smallest absolute Gasteiger partial charge is 0.257 e. The van der Waals surface area contributed by atoms with Crippen LogP contribution in [-0.2, 0) is 4.74 Å². The van der Waals surface area contributed by atoms with Crippen molar-refractivity contribution >= 4 is 21.8 Å². The van der Waals surface area contributed by atoms with E-state index in [0.29, 0.717) is 0 Å². The Kier molecular flexibility index (Phi) is 5.02. The molecule has 0 spiro atoms. The number of hydrogen-bond acceptors (Lipinski definition) is 2. The Morgan fingerprint density at radius 1 is 1.47 bits per heavy atom. The van der Waals surface area contributed by atoms with Gasteiger partial charge in [0, 0.05) is 18.1 Å². The van der Waals surface area contributed by atoms with Crippen molar-refractivity contribution in [1.29, 1.82) is 0 Å². The average molecular weight is 308 g/mol. The molecule has 0 aromatic heterocycles. The molecule has 1 N–H and O–H groups in total. The number of nitrogens with one attached hydrogen (secondary N) is 1. The molecule has 1 rings (SSSR count). The number of methoxy groups -OCH3 is 1. The van der Waals surface area contributed by atoms with E-state index in [2.05, 4.69) is 21.2 Å². The third kappa shape index (κ3) is 3.74. The van der Waals surface area contributed by atoms with Crippen LogP contribution in [0.25, 0.3) is 0 Å². The molecular weight excluding hydrogens is 296 g/mol. The molecule has 3 nitrogen and oxygen atoms in total. The van der Waals surface area contributed by atoms with Gasteiger partial charge in [-0.1, -0.05) is 15.9 Å². The summed E-state index contributed by atoms with van der Waals surface area (Å²) < 4.78 is 32.0. The molecule has 0 fully saturated rings. The Balaban J connectivity index is 2.82. The average Bonchev–Trinajstić information content (AvgIpc) is 2.24. The summed E-state index contributed by atoms with van der Waals surface area (Å²) >= 11 is 2.94. The number of halogens is 3. The van der Waals surface area contributed by atoms with E-state index in [1.54, 1.807) is 6.92 Å². The fourth-order valence-corrected chi connectivity index (χ4v) is 1.57. The summed E-state index contributed by atoms with van der Waals surface area (Å²) in [5.41, 5.74) is -0.587. The monoisotopic (exact) mass is 307 g/mol. The Morgan fingerprint density at radius 2 is 2.00 bits per heavy atom. The maximum Gasteiger partial charge on any atom is 0.257 e. The molecule has 94 valence electrons. The van der Waals surface area contributed by atoms with Crippen LogP contribution >= 0.6 is 15.9 Å². The Labute approximate surface area is 106 Å². The molecule has 1 atom stereocenters. The van der Waals surface area contributed by atoms with Crippen molar-refractivity contribution in [2.45, 2.75) is 13.0 Å². The van der Waals surface area contributed by atoms with Gasteiger partial charge in [-0.25, -0.2) is 8.78 Å². The van der Waals surface area contributed by atoms with Crippen molar-refractivity contribution in [2.75, 3.05) is 13.7 Å². The zero-order valence-electron chi connectivity index (χ0n) is 9.39. The summed E-state index contributed by atoms with van der Waals surface area (Å²) in [5.74, 6) is -2.60. The molecule has 0 heterocycles. The maximum absolute atomic E-state index is 13.4. The second kappa shape index (κ2) is 6.07. The van der Waals surface area contributed by atoms with Gasteiger partial charge < -0.3 is 10.1 Å². The number of rotatable bonds is 4. The summed E-state index contributed by atoms with van der Waals surface area (Å²) in [6.07, 6.45) is -0.222. The summed E-state index contributed by atoms with van der Waals surface area (Å²) in [5, 5.41) is 2.39. The summed E-state index contributed by atoms with van der Waals surface area (Å²) in [4.78, 5) is 11.6. The van der Waals surface area contributed by atoms with E-state index >= 15 is 0 Å². The van der Waals surface area contributed by atoms with Crippen LogP contribution < -0.4 is 5.32 Å². The van der Waals surface area contributed by atoms with E-state index in [4.69, 9.17) is 4.74 Å². The van der Waals surface area contributed by atoms with Crippen LogP contribution in [0.4, 0.5) is 8.78 Å². The fraction of sp³-hybridized carbons (Fsp3) is 0.364. The first-order chi connectivity index (χ1) is 7.95. The van der Waals surface area contributed by atoms with Crippen LogP contribution in [0, 0.1) is 11.6 Å². The van der Waals surface area contributed by atoms with Gasteiger partial charge in [0.15, 0.2) is 0 Å². The number of hydrogen-bond donors (Lipinski definition) is 1. The van der Waals surface area contributed by atoms with Crippen molar-refractivity contribution in [2.24, 2.45) is 0 Å². The second-order valence-corrected chi connectivity index (χ2v) is 4.42. The lowest BCUT2D eigenvalue weighted by Crippen LogP contribution is -2.32. The second-order valence-electron chi connectivity index (χ2n) is 3.50. The molecule has 17 heavy (non-hydrogen) atoms. The quantitative estimate of drug-likeness (QED) is 0.928. The molecule has 0 aliphatic rings. The van der Waals surface area contributed by atoms with Gasteiger partial charge >= 0.3 is 0 Å². The number of carbonyl (C=O) groups excluding carboxylic acids is 1. The van der Waals surface area contributed by atoms with Gasteiger partial charge in [-0.2, -0.15) is 0 Å². The molecule has 1 unspecified atom stereocenters. The first kappa shape index (κ1) is 14.1. The lowest BCUT2D eigenvalue weighted by Gasteiger charge is -2.11. The van der Waals surface area contributed by atoms with Gasteiger partial charge in [0.1, 0.15) is 17.2 Å². The van der Waals surface area contributed by atoms with Crippen molar-refractivity contribution in [3.63, 3.8) is 0 Å². The summed E-state index contributed by atoms with van der Waals surface area (Å²) in [6, 6.07) is 2.08. The summed E-state index contributed by atoms with van der Waals surface area (Å²) in [6.45, 7) is 1.92. The van der Waals surface area contributed by atoms with Crippen LogP contribution in [0.15, 0.2) is 16.6 Å². The highest BCUT2D eigenvalue weighted by molar-refractivity contribution is 9.10. The zero-order valence-corrected chi connectivity index (χ0v) is 11.0. The van der Waals surface area contributed by atoms with Crippen LogP contribution in [0.5, 0.6) is 0 Å². The van der Waals surface area contributed by atoms with E-state index in [9.17, 15) is 13.6 Å². The van der Waals surface area contributed by atoms with Gasteiger partial charge in [-0.3, -0.25) is 4.79 Å². The Bertz CT molecular complexity index is 403. The predicted octanol–water partition coefficient (Wildman–Crippen LogP) is 2.49. The molecule has 0 saturated heterocycles. The molecule has 0 bridgehead atoms. The molecule has 0 aliphatic heterocycles. The van der Waals surface area contributed by atoms with Gasteiger partial charge in [-0.05, 0) is 19.1 Å². The van der Waals surface area contributed by atoms with E-state index in [0.717, 1.165) is 12.1 Å². The lowest BCUT2D eigenvalue weighted by molar-refractivity contribution is 0.0863. The van der Waals surface area contributed by atoms with Crippen molar-refractivity contribution < 1.29 is 18.3 Å². The molecule has 0 radical (unpaired) electrons. The standard InChI is InChI=1S/C11H12BrF2NO2/c1-6(17-2)5-15-11(16)10-8(13)3-7(12)4-9(10)14/h3-4,6H,5H2,1-2H3,(H,15,16). The molecule has 1 aromatic carbocycles. The summed E-state index contributed by atoms with van der Waals surface area (Å²) in [7, 11) is 1.48. The van der Waals surface area contributed by atoms with Crippen LogP contribution in [0.3, 0.4) is 0 Å². The third-order valence-corrected chi connectivity index (χ3v) is 2.64. The van der Waals surface area contributed by atoms with Crippen LogP contribution in [0.1, 0.15) is 17.3 Å². The van der Waals surface area contributed by atoms with E-state index < -0.39 is 23.1 Å². The molecule has 1 aromatic rings. The number of ether oxygens (including phenoxy) is 1. The Morgan fingerprint density at radius 3 is 2.47 bits per heavy atom. The van der Waals surface area contributed by atoms with Gasteiger partial charge in [0.25, 0.3) is 5.91 Å². The highest BCUT2D eigenvalue weighted by Gasteiger charge is 2.18. The topological polar surface area (TPSA) is 38.3 Å². The minimum atomic E-state index is -0.903. The van der Waals surface area contributed by atoms with Crippen molar-refractivity contribution in [3.05, 3.63) is 33.8 Å². The van der Waals surface area contributed by atoms with Gasteiger partial charge in [-0.15, -0.1) is 0 Å². The highest BCUT2D eigenvalue weighted by Crippen LogP contribution is 2.19. The lowest BCUT2D eigenvalue weighted by atomic mass is 10.2. The molecule has 6 heteroatoms. The van der Waals surface area contributed by atoms with E-state index in [-0.39, 0.29) is 17.1 Å². The van der Waals surface area contributed by atoms with Gasteiger partial charge in [0.2, 0.25) is 0 Å². The van der Waals surface area contributed by atoms with E-state index in [1.807, 2.05) is 0 Å². The van der Waals surface area contributed by atoms with Gasteiger partial charge in [0.05, 0.1) is 6.10 Å². The highest BCUT2D eigenvalue weighted by atomic mass is 79.9. The third-order valence-electron chi connectivity index (χ3n) is 2.19. The van der Waals surface area contributed by atoms with Crippen LogP contribution in [0.2, 0.25) is 0 Å². The fourth-order valence-electron chi connectivity index (χ4n) is 1.17. The van der Waals surface area contributed by atoms with E-state index in [1.165, 1.54) is 7.11 Å².